The van der Waals surface area contributed by atoms with Crippen molar-refractivity contribution in [3.8, 4) is 17.2 Å². The normalized spacial score (nSPS) is 19.6. The molecule has 0 aromatic heterocycles. The van der Waals surface area contributed by atoms with Gasteiger partial charge in [0.05, 0.1) is 30.3 Å². The van der Waals surface area contributed by atoms with Gasteiger partial charge in [0.25, 0.3) is 15.9 Å². The number of fused-ring (bicyclic) bond motifs is 2. The van der Waals surface area contributed by atoms with Gasteiger partial charge in [-0.3, -0.25) is 9.10 Å². The molecule has 206 valence electrons. The zero-order valence-electron chi connectivity index (χ0n) is 22.6. The van der Waals surface area contributed by atoms with Crippen LogP contribution in [-0.2, 0) is 14.8 Å². The summed E-state index contributed by atoms with van der Waals surface area (Å²) >= 11 is 0. The van der Waals surface area contributed by atoms with E-state index >= 15 is 0 Å². The van der Waals surface area contributed by atoms with Crippen molar-refractivity contribution < 1.29 is 27.4 Å². The number of benzene rings is 3. The molecule has 1 N–H and O–H groups in total. The second-order valence-corrected chi connectivity index (χ2v) is 11.9. The lowest BCUT2D eigenvalue weighted by Crippen LogP contribution is -2.52. The summed E-state index contributed by atoms with van der Waals surface area (Å²) in [5.41, 5.74) is 1.80. The van der Waals surface area contributed by atoms with Crippen LogP contribution in [0.5, 0.6) is 17.2 Å². The molecule has 0 radical (unpaired) electrons. The van der Waals surface area contributed by atoms with Crippen LogP contribution in [0.2, 0.25) is 0 Å². The Balaban J connectivity index is 1.46. The molecule has 1 amide bonds. The maximum atomic E-state index is 13.8. The number of sulfonamides is 1. The summed E-state index contributed by atoms with van der Waals surface area (Å²) in [5.74, 6) is 1.28. The molecule has 8 nitrogen and oxygen atoms in total. The summed E-state index contributed by atoms with van der Waals surface area (Å²) < 4.78 is 46.6. The van der Waals surface area contributed by atoms with E-state index in [-0.39, 0.29) is 23.4 Å². The highest BCUT2D eigenvalue weighted by molar-refractivity contribution is 7.92. The first kappa shape index (κ1) is 26.9. The lowest BCUT2D eigenvalue weighted by atomic mass is 9.83. The van der Waals surface area contributed by atoms with Crippen LogP contribution >= 0.6 is 0 Å². The first-order valence-corrected chi connectivity index (χ1v) is 14.7. The first-order chi connectivity index (χ1) is 18.7. The van der Waals surface area contributed by atoms with Crippen LogP contribution in [0.4, 0.5) is 5.69 Å². The molecule has 2 heterocycles. The van der Waals surface area contributed by atoms with Gasteiger partial charge in [-0.15, -0.1) is 0 Å². The van der Waals surface area contributed by atoms with Crippen LogP contribution in [0, 0.1) is 6.92 Å². The van der Waals surface area contributed by atoms with Gasteiger partial charge in [0, 0.05) is 12.0 Å². The van der Waals surface area contributed by atoms with E-state index < -0.39 is 21.7 Å². The van der Waals surface area contributed by atoms with Gasteiger partial charge in [-0.25, -0.2) is 8.42 Å². The summed E-state index contributed by atoms with van der Waals surface area (Å²) in [6.45, 7) is 5.90. The molecule has 3 aromatic carbocycles. The fourth-order valence-electron chi connectivity index (χ4n) is 5.29. The maximum Gasteiger partial charge on any atom is 0.264 e. The summed E-state index contributed by atoms with van der Waals surface area (Å²) in [6, 6.07) is 18.9. The van der Waals surface area contributed by atoms with Gasteiger partial charge >= 0.3 is 0 Å². The number of hydrogen-bond acceptors (Lipinski definition) is 6. The molecule has 0 saturated heterocycles. The molecule has 0 aliphatic carbocycles. The second-order valence-electron chi connectivity index (χ2n) is 10.1. The van der Waals surface area contributed by atoms with E-state index in [4.69, 9.17) is 14.2 Å². The number of aryl methyl sites for hydroxylation is 1. The molecule has 2 unspecified atom stereocenters. The number of hydrogen-bond donors (Lipinski definition) is 1. The smallest absolute Gasteiger partial charge is 0.264 e. The van der Waals surface area contributed by atoms with Gasteiger partial charge in [0.2, 0.25) is 0 Å². The third-order valence-corrected chi connectivity index (χ3v) is 9.52. The lowest BCUT2D eigenvalue weighted by molar-refractivity contribution is -0.129. The van der Waals surface area contributed by atoms with E-state index in [1.54, 1.807) is 24.3 Å². The quantitative estimate of drug-likeness (QED) is 0.437. The van der Waals surface area contributed by atoms with E-state index in [2.05, 4.69) is 19.2 Å². The fraction of sp³-hybridized carbons (Fsp3) is 0.367. The highest BCUT2D eigenvalue weighted by Gasteiger charge is 2.42. The average Bonchev–Trinajstić information content (AvgIpc) is 2.96. The molecule has 5 rings (SSSR count). The number of nitrogens with zero attached hydrogens (tertiary/aromatic N) is 1. The highest BCUT2D eigenvalue weighted by Crippen LogP contribution is 2.43. The van der Waals surface area contributed by atoms with Gasteiger partial charge < -0.3 is 19.5 Å². The number of rotatable bonds is 7. The molecule has 2 atom stereocenters. The highest BCUT2D eigenvalue weighted by atomic mass is 32.2. The topological polar surface area (TPSA) is 94.2 Å². The Morgan fingerprint density at radius 3 is 2.46 bits per heavy atom. The van der Waals surface area contributed by atoms with Crippen molar-refractivity contribution >= 4 is 21.6 Å². The zero-order chi connectivity index (χ0) is 27.8. The number of anilines is 1. The number of nitrogens with one attached hydrogen (secondary N) is 1. The van der Waals surface area contributed by atoms with Crippen molar-refractivity contribution in [3.05, 3.63) is 77.9 Å². The summed E-state index contributed by atoms with van der Waals surface area (Å²) in [5, 5.41) is 3.16. The van der Waals surface area contributed by atoms with Crippen LogP contribution < -0.4 is 23.8 Å². The minimum absolute atomic E-state index is 0.102. The third kappa shape index (κ3) is 5.03. The summed E-state index contributed by atoms with van der Waals surface area (Å²) in [4.78, 5) is 13.8. The van der Waals surface area contributed by atoms with E-state index in [0.29, 0.717) is 23.6 Å². The Labute approximate surface area is 229 Å². The average molecular weight is 551 g/mol. The Morgan fingerprint density at radius 2 is 1.77 bits per heavy atom. The van der Waals surface area contributed by atoms with E-state index in [1.807, 2.05) is 37.3 Å². The second kappa shape index (κ2) is 10.4. The Morgan fingerprint density at radius 1 is 1.05 bits per heavy atom. The first-order valence-electron chi connectivity index (χ1n) is 13.2. The number of ether oxygens (including phenoxy) is 3. The predicted octanol–water partition coefficient (Wildman–Crippen LogP) is 5.16. The van der Waals surface area contributed by atoms with Crippen LogP contribution in [0.3, 0.4) is 0 Å². The van der Waals surface area contributed by atoms with Gasteiger partial charge in [-0.05, 0) is 67.8 Å². The predicted molar refractivity (Wildman–Crippen MR) is 149 cm³/mol. The van der Waals surface area contributed by atoms with Crippen LogP contribution in [0.1, 0.15) is 50.3 Å². The lowest BCUT2D eigenvalue weighted by Gasteiger charge is -2.42. The minimum Gasteiger partial charge on any atom is -0.497 e. The summed E-state index contributed by atoms with van der Waals surface area (Å²) in [6.07, 6.45) is 1.16. The maximum absolute atomic E-state index is 13.8. The molecule has 0 spiro atoms. The molecule has 39 heavy (non-hydrogen) atoms. The molecule has 0 bridgehead atoms. The molecular formula is C30H34N2O6S. The molecule has 2 aliphatic heterocycles. The van der Waals surface area contributed by atoms with Crippen molar-refractivity contribution in [1.29, 1.82) is 0 Å². The van der Waals surface area contributed by atoms with E-state index in [9.17, 15) is 13.2 Å². The van der Waals surface area contributed by atoms with Crippen LogP contribution in [0.25, 0.3) is 0 Å². The number of para-hydroxylation sites is 1. The zero-order valence-corrected chi connectivity index (χ0v) is 23.5. The minimum atomic E-state index is -3.99. The van der Waals surface area contributed by atoms with Crippen molar-refractivity contribution in [3.63, 3.8) is 0 Å². The monoisotopic (exact) mass is 550 g/mol. The standard InChI is InChI=1S/C30H34N2O6S/c1-5-30(6-2)18-24(23-9-7-8-10-26(23)38-30)31-29(33)28-19-32(25-16-11-20(3)17-27(25)37-28)39(34,35)22-14-12-21(36-4)13-15-22/h7-17,24,28H,5-6,18-19H2,1-4H3,(H,31,33). The number of carbonyl (C=O) groups is 1. The molecule has 0 saturated carbocycles. The van der Waals surface area contributed by atoms with Gasteiger partial charge in [0.1, 0.15) is 22.8 Å². The van der Waals surface area contributed by atoms with Crippen molar-refractivity contribution in [2.45, 2.75) is 62.7 Å². The largest absolute Gasteiger partial charge is 0.497 e. The van der Waals surface area contributed by atoms with Crippen LogP contribution in [-0.4, -0.2) is 39.7 Å². The van der Waals surface area contributed by atoms with Crippen molar-refractivity contribution in [2.75, 3.05) is 18.0 Å². The van der Waals surface area contributed by atoms with Gasteiger partial charge in [-0.2, -0.15) is 0 Å². The molecular weight excluding hydrogens is 516 g/mol. The Kier molecular flexibility index (Phi) is 7.20. The van der Waals surface area contributed by atoms with E-state index in [1.165, 1.54) is 23.5 Å². The number of methoxy groups -OCH3 is 1. The molecule has 2 aliphatic rings. The Bertz CT molecular complexity index is 1470. The molecule has 3 aromatic rings. The van der Waals surface area contributed by atoms with Crippen LogP contribution in [0.15, 0.2) is 71.6 Å². The molecule has 9 heteroatoms. The summed E-state index contributed by atoms with van der Waals surface area (Å²) in [7, 11) is -2.47. The van der Waals surface area contributed by atoms with Gasteiger partial charge in [0.15, 0.2) is 6.10 Å². The Hall–Kier alpha value is -3.72. The van der Waals surface area contributed by atoms with Crippen molar-refractivity contribution in [1.82, 2.24) is 5.32 Å². The number of amides is 1. The van der Waals surface area contributed by atoms with Gasteiger partial charge in [-0.1, -0.05) is 38.1 Å². The molecule has 0 fully saturated rings. The SMILES string of the molecule is CCC1(CC)CC(NC(=O)C2CN(S(=O)(=O)c3ccc(OC)cc3)c3ccc(C)cc3O2)c2ccccc2O1. The number of carbonyl (C=O) groups excluding carboxylic acids is 1. The third-order valence-electron chi connectivity index (χ3n) is 7.73. The fourth-order valence-corrected chi connectivity index (χ4v) is 6.77. The van der Waals surface area contributed by atoms with Crippen molar-refractivity contribution in [2.24, 2.45) is 0 Å². The van der Waals surface area contributed by atoms with E-state index in [0.717, 1.165) is 29.7 Å².